The van der Waals surface area contributed by atoms with E-state index in [9.17, 15) is 36.3 Å². The Kier molecular flexibility index (Phi) is 9.86. The van der Waals surface area contributed by atoms with Crippen LogP contribution in [0.5, 0.6) is 5.75 Å². The molecule has 45 heavy (non-hydrogen) atoms. The van der Waals surface area contributed by atoms with E-state index in [4.69, 9.17) is 14.2 Å². The number of halogens is 5. The van der Waals surface area contributed by atoms with Crippen LogP contribution >= 0.6 is 0 Å². The quantitative estimate of drug-likeness (QED) is 0.240. The van der Waals surface area contributed by atoms with E-state index in [1.54, 1.807) is 32.2 Å². The number of hydrogen-bond donors (Lipinski definition) is 2. The van der Waals surface area contributed by atoms with Gasteiger partial charge in [-0.3, -0.25) is 9.59 Å². The fourth-order valence-electron chi connectivity index (χ4n) is 5.24. The van der Waals surface area contributed by atoms with Gasteiger partial charge in [-0.2, -0.15) is 13.2 Å². The van der Waals surface area contributed by atoms with Crippen molar-refractivity contribution in [2.45, 2.75) is 58.2 Å². The van der Waals surface area contributed by atoms with Crippen molar-refractivity contribution in [3.8, 4) is 16.9 Å². The van der Waals surface area contributed by atoms with E-state index in [1.165, 1.54) is 18.6 Å². The Labute approximate surface area is 255 Å². The van der Waals surface area contributed by atoms with Crippen LogP contribution in [0.25, 0.3) is 11.1 Å². The van der Waals surface area contributed by atoms with Crippen molar-refractivity contribution in [2.24, 2.45) is 7.05 Å². The number of amides is 1. The number of benzene rings is 2. The first kappa shape index (κ1) is 33.4. The number of pyridine rings is 1. The molecule has 242 valence electrons. The second-order valence-electron chi connectivity index (χ2n) is 10.5. The first-order valence-electron chi connectivity index (χ1n) is 13.9. The van der Waals surface area contributed by atoms with Crippen LogP contribution in [0.4, 0.5) is 27.6 Å². The number of alkyl halides is 3. The molecule has 2 atom stereocenters. The highest BCUT2D eigenvalue weighted by atomic mass is 19.4. The van der Waals surface area contributed by atoms with Crippen LogP contribution in [0.2, 0.25) is 0 Å². The molecule has 0 saturated heterocycles. The molecule has 4 rings (SSSR count). The number of fused-ring (bicyclic) bond motifs is 1. The summed E-state index contributed by atoms with van der Waals surface area (Å²) in [6, 6.07) is 2.73. The van der Waals surface area contributed by atoms with Crippen LogP contribution in [-0.2, 0) is 41.0 Å². The van der Waals surface area contributed by atoms with Crippen LogP contribution in [0, 0.1) is 18.6 Å². The van der Waals surface area contributed by atoms with Gasteiger partial charge in [0, 0.05) is 30.9 Å². The number of methoxy groups -OCH3 is 2. The first-order valence-corrected chi connectivity index (χ1v) is 13.9. The summed E-state index contributed by atoms with van der Waals surface area (Å²) >= 11 is 0. The van der Waals surface area contributed by atoms with Crippen LogP contribution in [0.15, 0.2) is 35.1 Å². The van der Waals surface area contributed by atoms with Gasteiger partial charge in [0.05, 0.1) is 33.0 Å². The topological polar surface area (TPSA) is 108 Å². The number of aromatic nitrogens is 1. The van der Waals surface area contributed by atoms with Crippen molar-refractivity contribution >= 4 is 17.6 Å². The van der Waals surface area contributed by atoms with E-state index >= 15 is 0 Å². The fraction of sp³-hybridized carbons (Fsp3) is 0.387. The average Bonchev–Trinajstić information content (AvgIpc) is 3.48. The molecule has 0 radical (unpaired) electrons. The number of anilines is 1. The second kappa shape index (κ2) is 13.3. The summed E-state index contributed by atoms with van der Waals surface area (Å²) in [6.45, 7) is 3.30. The maximum Gasteiger partial charge on any atom is 0.408 e. The minimum atomic E-state index is -4.67. The van der Waals surface area contributed by atoms with Gasteiger partial charge in [0.25, 0.3) is 11.5 Å². The number of aryl methyl sites for hydroxylation is 1. The third-order valence-electron chi connectivity index (χ3n) is 7.77. The fourth-order valence-corrected chi connectivity index (χ4v) is 5.24. The normalized spacial score (nSPS) is 14.0. The molecule has 2 aromatic carbocycles. The smallest absolute Gasteiger partial charge is 0.408 e. The highest BCUT2D eigenvalue weighted by Gasteiger charge is 2.38. The lowest BCUT2D eigenvalue weighted by Crippen LogP contribution is -2.43. The van der Waals surface area contributed by atoms with Crippen molar-refractivity contribution < 1.29 is 45.8 Å². The number of ether oxygens (including phenoxy) is 3. The van der Waals surface area contributed by atoms with Gasteiger partial charge in [-0.25, -0.2) is 13.6 Å². The molecule has 0 saturated carbocycles. The summed E-state index contributed by atoms with van der Waals surface area (Å²) in [6.07, 6.45) is -5.24. The molecule has 0 spiro atoms. The van der Waals surface area contributed by atoms with Gasteiger partial charge in [0.15, 0.2) is 0 Å². The van der Waals surface area contributed by atoms with Gasteiger partial charge >= 0.3 is 12.1 Å². The summed E-state index contributed by atoms with van der Waals surface area (Å²) in [5, 5.41) is 4.30. The summed E-state index contributed by atoms with van der Waals surface area (Å²) < 4.78 is 86.7. The Bertz CT molecular complexity index is 1660. The van der Waals surface area contributed by atoms with E-state index in [1.807, 2.05) is 5.32 Å². The standard InChI is InChI=1S/C31H32F5N3O6/c1-6-25(31(34,35)36)37-17-11-21(32)27(22(33)12-17)28(40)38-23(30(42)44-5)10-16-7-8-18(20-14-45-13-19(16)20)26-24(43-4)9-15(2)39(3)29(26)41/h7-9,11-12,23,25,37H,6,10,13-14H2,1-5H3,(H,38,40)/t23-,25+/m0/s1. The van der Waals surface area contributed by atoms with Crippen LogP contribution in [0.1, 0.15) is 46.1 Å². The van der Waals surface area contributed by atoms with Crippen LogP contribution in [0.3, 0.4) is 0 Å². The molecule has 0 aliphatic carbocycles. The monoisotopic (exact) mass is 637 g/mol. The zero-order valence-corrected chi connectivity index (χ0v) is 25.2. The molecule has 2 heterocycles. The molecule has 1 aromatic heterocycles. The maximum absolute atomic E-state index is 14.9. The van der Waals surface area contributed by atoms with Gasteiger partial charge in [-0.1, -0.05) is 19.1 Å². The number of hydrogen-bond acceptors (Lipinski definition) is 7. The minimum Gasteiger partial charge on any atom is -0.496 e. The molecule has 1 amide bonds. The Morgan fingerprint density at radius 2 is 1.71 bits per heavy atom. The number of carbonyl (C=O) groups excluding carboxylic acids is 2. The number of rotatable bonds is 10. The van der Waals surface area contributed by atoms with Crippen molar-refractivity contribution in [3.63, 3.8) is 0 Å². The highest BCUT2D eigenvalue weighted by molar-refractivity contribution is 5.97. The Hall–Kier alpha value is -4.46. The van der Waals surface area contributed by atoms with Crippen LogP contribution in [-0.4, -0.2) is 48.9 Å². The van der Waals surface area contributed by atoms with Crippen molar-refractivity contribution in [3.05, 3.63) is 80.3 Å². The average molecular weight is 638 g/mol. The number of carbonyl (C=O) groups is 2. The van der Waals surface area contributed by atoms with Crippen LogP contribution < -0.4 is 20.9 Å². The summed E-state index contributed by atoms with van der Waals surface area (Å²) in [5.41, 5.74) is 1.57. The molecule has 3 aromatic rings. The zero-order chi connectivity index (χ0) is 33.2. The van der Waals surface area contributed by atoms with Gasteiger partial charge in [0.2, 0.25) is 0 Å². The lowest BCUT2D eigenvalue weighted by atomic mass is 9.91. The number of esters is 1. The lowest BCUT2D eigenvalue weighted by Gasteiger charge is -2.22. The van der Waals surface area contributed by atoms with E-state index in [0.717, 1.165) is 7.11 Å². The van der Waals surface area contributed by atoms with E-state index in [2.05, 4.69) is 5.32 Å². The lowest BCUT2D eigenvalue weighted by molar-refractivity contribution is -0.143. The highest BCUT2D eigenvalue weighted by Crippen LogP contribution is 2.37. The number of nitrogens with one attached hydrogen (secondary N) is 2. The molecular weight excluding hydrogens is 605 g/mol. The second-order valence-corrected chi connectivity index (χ2v) is 10.5. The predicted octanol–water partition coefficient (Wildman–Crippen LogP) is 4.94. The van der Waals surface area contributed by atoms with E-state index in [-0.39, 0.29) is 25.2 Å². The Balaban J connectivity index is 1.65. The molecule has 0 fully saturated rings. The molecule has 1 aliphatic rings. The first-order chi connectivity index (χ1) is 21.2. The van der Waals surface area contributed by atoms with Crippen molar-refractivity contribution in [1.29, 1.82) is 0 Å². The molecular formula is C31H32F5N3O6. The van der Waals surface area contributed by atoms with E-state index < -0.39 is 59.4 Å². The molecule has 14 heteroatoms. The van der Waals surface area contributed by atoms with Crippen molar-refractivity contribution in [2.75, 3.05) is 19.5 Å². The van der Waals surface area contributed by atoms with Gasteiger partial charge in [-0.05, 0) is 47.7 Å². The summed E-state index contributed by atoms with van der Waals surface area (Å²) in [7, 11) is 4.16. The van der Waals surface area contributed by atoms with Gasteiger partial charge in [0.1, 0.15) is 35.0 Å². The molecule has 9 nitrogen and oxygen atoms in total. The van der Waals surface area contributed by atoms with Crippen molar-refractivity contribution in [1.82, 2.24) is 9.88 Å². The molecule has 0 unspecified atom stereocenters. The Morgan fingerprint density at radius 3 is 2.29 bits per heavy atom. The van der Waals surface area contributed by atoms with Gasteiger partial charge in [-0.15, -0.1) is 0 Å². The molecule has 2 N–H and O–H groups in total. The Morgan fingerprint density at radius 1 is 1.07 bits per heavy atom. The molecule has 1 aliphatic heterocycles. The SMILES string of the molecule is CC[C@@H](Nc1cc(F)c(C(=O)N[C@@H](Cc2ccc(-c3c(OC)cc(C)n(C)c3=O)c3c2COC3)C(=O)OC)c(F)c1)C(F)(F)F. The number of nitrogens with zero attached hydrogens (tertiary/aromatic N) is 1. The zero-order valence-electron chi connectivity index (χ0n) is 25.2. The third-order valence-corrected chi connectivity index (χ3v) is 7.77. The summed E-state index contributed by atoms with van der Waals surface area (Å²) in [5.74, 6) is -4.71. The largest absolute Gasteiger partial charge is 0.496 e. The third kappa shape index (κ3) is 6.80. The molecule has 0 bridgehead atoms. The predicted molar refractivity (Wildman–Crippen MR) is 154 cm³/mol. The minimum absolute atomic E-state index is 0.128. The van der Waals surface area contributed by atoms with Gasteiger partial charge < -0.3 is 29.4 Å². The summed E-state index contributed by atoms with van der Waals surface area (Å²) in [4.78, 5) is 39.0. The van der Waals surface area contributed by atoms with E-state index in [0.29, 0.717) is 51.4 Å². The maximum atomic E-state index is 14.9.